The number of benzene rings is 1. The number of esters is 1. The van der Waals surface area contributed by atoms with E-state index in [1.54, 1.807) is 23.6 Å². The van der Waals surface area contributed by atoms with E-state index in [9.17, 15) is 19.5 Å². The fourth-order valence-corrected chi connectivity index (χ4v) is 8.54. The minimum absolute atomic E-state index is 0.0413. The number of likely N-dealkylation sites (tertiary alicyclic amines) is 1. The van der Waals surface area contributed by atoms with Crippen LogP contribution in [0.25, 0.3) is 0 Å². The third-order valence-electron chi connectivity index (χ3n) is 7.72. The van der Waals surface area contributed by atoms with E-state index in [0.29, 0.717) is 6.42 Å². The summed E-state index contributed by atoms with van der Waals surface area (Å²) in [6.07, 6.45) is 1.28. The number of amides is 2. The molecule has 0 saturated carbocycles. The zero-order valence-corrected chi connectivity index (χ0v) is 20.8. The summed E-state index contributed by atoms with van der Waals surface area (Å²) in [5, 5.41) is 13.1. The maximum atomic E-state index is 13.9. The molecule has 8 heteroatoms. The van der Waals surface area contributed by atoms with Gasteiger partial charge in [-0.2, -0.15) is 0 Å². The second-order valence-corrected chi connectivity index (χ2v) is 11.2. The number of aryl methyl sites for hydroxylation is 2. The number of carbonyl (C=O) groups is 3. The van der Waals surface area contributed by atoms with Gasteiger partial charge in [-0.15, -0.1) is 11.8 Å². The monoisotopic (exact) mass is 474 g/mol. The number of fused-ring (bicyclic) bond motifs is 1. The first kappa shape index (κ1) is 24.1. The molecule has 7 nitrogen and oxygen atoms in total. The highest BCUT2D eigenvalue weighted by Gasteiger charge is 2.76. The first-order valence-electron chi connectivity index (χ1n) is 11.9. The summed E-state index contributed by atoms with van der Waals surface area (Å²) in [4.78, 5) is 42.3. The van der Waals surface area contributed by atoms with E-state index in [0.717, 1.165) is 23.2 Å². The molecule has 3 heterocycles. The van der Waals surface area contributed by atoms with Gasteiger partial charge in [0.2, 0.25) is 11.8 Å². The van der Waals surface area contributed by atoms with Gasteiger partial charge in [0, 0.05) is 10.9 Å². The number of ether oxygens (including phenoxy) is 1. The van der Waals surface area contributed by atoms with Gasteiger partial charge in [0.15, 0.2) is 0 Å². The van der Waals surface area contributed by atoms with E-state index in [1.807, 2.05) is 39.0 Å². The van der Waals surface area contributed by atoms with Gasteiger partial charge in [0.25, 0.3) is 0 Å². The Balaban J connectivity index is 1.79. The fraction of sp³-hybridized carbons (Fsp3) is 0.640. The maximum Gasteiger partial charge on any atom is 0.310 e. The molecule has 1 spiro atoms. The SMILES string of the molecule is CCOC(=O)[C@@H]1[C@@H]2CC(C)C3(S2)C(C(=O)Nc2cc(C)ccc2C)N([C@@H](CC)CO)C(=O)[C@H]13. The predicted molar refractivity (Wildman–Crippen MR) is 128 cm³/mol. The molecule has 3 saturated heterocycles. The van der Waals surface area contributed by atoms with E-state index in [-0.39, 0.29) is 42.2 Å². The van der Waals surface area contributed by atoms with Crippen LogP contribution in [0.4, 0.5) is 5.69 Å². The third kappa shape index (κ3) is 3.57. The van der Waals surface area contributed by atoms with Crippen molar-refractivity contribution in [3.8, 4) is 0 Å². The van der Waals surface area contributed by atoms with E-state index in [2.05, 4.69) is 12.2 Å². The lowest BCUT2D eigenvalue weighted by Crippen LogP contribution is -2.56. The van der Waals surface area contributed by atoms with Gasteiger partial charge in [0.1, 0.15) is 6.04 Å². The van der Waals surface area contributed by atoms with Gasteiger partial charge >= 0.3 is 5.97 Å². The van der Waals surface area contributed by atoms with Crippen LogP contribution < -0.4 is 5.32 Å². The highest BCUT2D eigenvalue weighted by atomic mass is 32.2. The zero-order chi connectivity index (χ0) is 24.1. The molecule has 180 valence electrons. The van der Waals surface area contributed by atoms with E-state index in [4.69, 9.17) is 4.74 Å². The molecule has 2 amide bonds. The van der Waals surface area contributed by atoms with Crippen molar-refractivity contribution in [1.82, 2.24) is 4.90 Å². The number of nitrogens with zero attached hydrogens (tertiary/aromatic N) is 1. The molecule has 1 aromatic carbocycles. The quantitative estimate of drug-likeness (QED) is 0.590. The Labute approximate surface area is 199 Å². The number of thioether (sulfide) groups is 1. The van der Waals surface area contributed by atoms with Gasteiger partial charge in [-0.1, -0.05) is 26.0 Å². The number of carbonyl (C=O) groups excluding carboxylic acids is 3. The van der Waals surface area contributed by atoms with Crippen LogP contribution >= 0.6 is 11.8 Å². The van der Waals surface area contributed by atoms with Gasteiger partial charge in [-0.05, 0) is 56.7 Å². The van der Waals surface area contributed by atoms with Crippen molar-refractivity contribution >= 4 is 35.2 Å². The Bertz CT molecular complexity index is 964. The van der Waals surface area contributed by atoms with Crippen molar-refractivity contribution in [2.45, 2.75) is 69.5 Å². The Morgan fingerprint density at radius 3 is 2.70 bits per heavy atom. The highest BCUT2D eigenvalue weighted by molar-refractivity contribution is 8.02. The van der Waals surface area contributed by atoms with Crippen LogP contribution in [-0.4, -0.2) is 63.1 Å². The molecular formula is C25H34N2O5S. The molecule has 1 aromatic rings. The average molecular weight is 475 g/mol. The standard InChI is InChI=1S/C25H34N2O5S/c1-6-16(12-28)27-21(22(29)26-17-10-13(3)8-9-14(17)4)25-15(5)11-18(33-25)19(20(25)23(27)30)24(31)32-7-2/h8-10,15-16,18-21,28H,6-7,11-12H2,1-5H3,(H,26,29)/t15?,16-,18-,19+,20-,21?,25?/m0/s1. The lowest BCUT2D eigenvalue weighted by molar-refractivity contribution is -0.154. The molecule has 0 aliphatic carbocycles. The molecule has 33 heavy (non-hydrogen) atoms. The summed E-state index contributed by atoms with van der Waals surface area (Å²) in [7, 11) is 0. The van der Waals surface area contributed by atoms with Crippen molar-refractivity contribution < 1.29 is 24.2 Å². The van der Waals surface area contributed by atoms with Gasteiger partial charge < -0.3 is 20.1 Å². The van der Waals surface area contributed by atoms with Crippen LogP contribution in [0.1, 0.15) is 44.7 Å². The first-order valence-corrected chi connectivity index (χ1v) is 12.7. The molecule has 3 fully saturated rings. The Hall–Kier alpha value is -2.06. The Morgan fingerprint density at radius 1 is 1.33 bits per heavy atom. The summed E-state index contributed by atoms with van der Waals surface area (Å²) in [5.74, 6) is -1.92. The number of aliphatic hydroxyl groups is 1. The highest BCUT2D eigenvalue weighted by Crippen LogP contribution is 2.69. The van der Waals surface area contributed by atoms with E-state index >= 15 is 0 Å². The lowest BCUT2D eigenvalue weighted by Gasteiger charge is -2.40. The van der Waals surface area contributed by atoms with Crippen molar-refractivity contribution in [2.75, 3.05) is 18.5 Å². The minimum atomic E-state index is -0.767. The van der Waals surface area contributed by atoms with E-state index < -0.39 is 28.7 Å². The molecule has 2 bridgehead atoms. The van der Waals surface area contributed by atoms with E-state index in [1.165, 1.54) is 0 Å². The van der Waals surface area contributed by atoms with Crippen molar-refractivity contribution in [1.29, 1.82) is 0 Å². The summed E-state index contributed by atoms with van der Waals surface area (Å²) in [6.45, 7) is 9.67. The van der Waals surface area contributed by atoms with Crippen LogP contribution in [-0.2, 0) is 19.1 Å². The normalized spacial score (nSPS) is 33.2. The van der Waals surface area contributed by atoms with Crippen LogP contribution in [0, 0.1) is 31.6 Å². The number of hydrogen-bond acceptors (Lipinski definition) is 6. The number of anilines is 1. The Morgan fingerprint density at radius 2 is 2.06 bits per heavy atom. The second-order valence-electron chi connectivity index (χ2n) is 9.60. The second kappa shape index (κ2) is 8.95. The number of nitrogens with one attached hydrogen (secondary N) is 1. The number of aliphatic hydroxyl groups excluding tert-OH is 1. The lowest BCUT2D eigenvalue weighted by atomic mass is 9.66. The summed E-state index contributed by atoms with van der Waals surface area (Å²) in [6, 6.07) is 4.63. The van der Waals surface area contributed by atoms with Crippen LogP contribution in [0.3, 0.4) is 0 Å². The summed E-state index contributed by atoms with van der Waals surface area (Å²) >= 11 is 1.61. The largest absolute Gasteiger partial charge is 0.466 e. The minimum Gasteiger partial charge on any atom is -0.466 e. The molecular weight excluding hydrogens is 440 g/mol. The van der Waals surface area contributed by atoms with Crippen molar-refractivity contribution in [3.63, 3.8) is 0 Å². The molecule has 0 radical (unpaired) electrons. The van der Waals surface area contributed by atoms with Crippen molar-refractivity contribution in [3.05, 3.63) is 29.3 Å². The first-order chi connectivity index (χ1) is 15.7. The smallest absolute Gasteiger partial charge is 0.310 e. The predicted octanol–water partition coefficient (Wildman–Crippen LogP) is 2.91. The molecule has 4 rings (SSSR count). The zero-order valence-electron chi connectivity index (χ0n) is 20.0. The molecule has 3 aliphatic rings. The van der Waals surface area contributed by atoms with Gasteiger partial charge in [-0.25, -0.2) is 0 Å². The van der Waals surface area contributed by atoms with Gasteiger partial charge in [-0.3, -0.25) is 14.4 Å². The van der Waals surface area contributed by atoms with Crippen LogP contribution in [0.15, 0.2) is 18.2 Å². The Kier molecular flexibility index (Phi) is 6.53. The van der Waals surface area contributed by atoms with Crippen LogP contribution in [0.5, 0.6) is 0 Å². The maximum absolute atomic E-state index is 13.9. The number of hydrogen-bond donors (Lipinski definition) is 2. The molecule has 3 aliphatic heterocycles. The number of rotatable bonds is 7. The van der Waals surface area contributed by atoms with Crippen LogP contribution in [0.2, 0.25) is 0 Å². The van der Waals surface area contributed by atoms with Crippen molar-refractivity contribution in [2.24, 2.45) is 17.8 Å². The van der Waals surface area contributed by atoms with Gasteiger partial charge in [0.05, 0.1) is 35.8 Å². The fourth-order valence-electron chi connectivity index (χ4n) is 6.14. The third-order valence-corrected chi connectivity index (χ3v) is 9.79. The molecule has 0 aromatic heterocycles. The topological polar surface area (TPSA) is 95.9 Å². The summed E-state index contributed by atoms with van der Waals surface area (Å²) in [5.41, 5.74) is 2.69. The molecule has 2 N–H and O–H groups in total. The average Bonchev–Trinajstić information content (AvgIpc) is 3.36. The molecule has 3 unspecified atom stereocenters. The molecule has 7 atom stereocenters. The summed E-state index contributed by atoms with van der Waals surface area (Å²) < 4.78 is 4.64.